The third kappa shape index (κ3) is 3.39. The highest BCUT2D eigenvalue weighted by atomic mass is 32.1. The molecule has 4 rings (SSSR count). The second kappa shape index (κ2) is 6.41. The Morgan fingerprint density at radius 2 is 1.76 bits per heavy atom. The van der Waals surface area contributed by atoms with Crippen LogP contribution < -0.4 is 15.7 Å². The molecule has 0 bridgehead atoms. The van der Waals surface area contributed by atoms with E-state index in [-0.39, 0.29) is 11.6 Å². The van der Waals surface area contributed by atoms with Gasteiger partial charge in [0.15, 0.2) is 0 Å². The molecular formula is C19H14N2O3S. The van der Waals surface area contributed by atoms with Crippen molar-refractivity contribution in [3.8, 4) is 11.5 Å². The number of hydrogen-bond acceptors (Lipinski definition) is 6. The molecule has 0 saturated carbocycles. The van der Waals surface area contributed by atoms with E-state index >= 15 is 0 Å². The molecule has 25 heavy (non-hydrogen) atoms. The summed E-state index contributed by atoms with van der Waals surface area (Å²) >= 11 is 1.46. The fourth-order valence-corrected chi connectivity index (χ4v) is 3.26. The van der Waals surface area contributed by atoms with Crippen molar-refractivity contribution in [1.29, 1.82) is 0 Å². The lowest BCUT2D eigenvalue weighted by Crippen LogP contribution is -2.03. The van der Waals surface area contributed by atoms with Gasteiger partial charge in [0.25, 0.3) is 0 Å². The summed E-state index contributed by atoms with van der Waals surface area (Å²) in [5.41, 5.74) is 0.365. The van der Waals surface area contributed by atoms with Crippen LogP contribution in [0.25, 0.3) is 10.2 Å². The number of aromatic nitrogens is 1. The van der Waals surface area contributed by atoms with Gasteiger partial charge in [0, 0.05) is 10.6 Å². The van der Waals surface area contributed by atoms with Crippen LogP contribution >= 0.6 is 11.3 Å². The van der Waals surface area contributed by atoms with Gasteiger partial charge < -0.3 is 14.5 Å². The summed E-state index contributed by atoms with van der Waals surface area (Å²) in [7, 11) is 0. The molecular weight excluding hydrogens is 336 g/mol. The predicted molar refractivity (Wildman–Crippen MR) is 99.1 cm³/mol. The highest BCUT2D eigenvalue weighted by molar-refractivity contribution is 7.18. The van der Waals surface area contributed by atoms with Crippen molar-refractivity contribution in [2.24, 2.45) is 0 Å². The van der Waals surface area contributed by atoms with Crippen LogP contribution in [0, 0.1) is 6.92 Å². The number of fused-ring (bicyclic) bond motifs is 1. The summed E-state index contributed by atoms with van der Waals surface area (Å²) < 4.78 is 11.0. The number of benzene rings is 2. The zero-order valence-corrected chi connectivity index (χ0v) is 14.2. The van der Waals surface area contributed by atoms with E-state index in [0.29, 0.717) is 10.2 Å². The summed E-state index contributed by atoms with van der Waals surface area (Å²) in [4.78, 5) is 18.0. The second-order valence-corrected chi connectivity index (χ2v) is 6.68. The molecule has 5 nitrogen and oxygen atoms in total. The van der Waals surface area contributed by atoms with Gasteiger partial charge in [-0.3, -0.25) is 0 Å². The maximum absolute atomic E-state index is 12.0. The number of anilines is 2. The van der Waals surface area contributed by atoms with Gasteiger partial charge in [0.1, 0.15) is 16.3 Å². The van der Waals surface area contributed by atoms with Gasteiger partial charge in [-0.1, -0.05) is 18.2 Å². The van der Waals surface area contributed by atoms with E-state index in [4.69, 9.17) is 9.15 Å². The number of para-hydroxylation sites is 1. The molecule has 6 heteroatoms. The van der Waals surface area contributed by atoms with E-state index in [9.17, 15) is 4.79 Å². The van der Waals surface area contributed by atoms with E-state index in [1.807, 2.05) is 61.5 Å². The van der Waals surface area contributed by atoms with E-state index < -0.39 is 0 Å². The van der Waals surface area contributed by atoms with Crippen LogP contribution in [-0.4, -0.2) is 4.98 Å². The topological polar surface area (TPSA) is 64.4 Å². The summed E-state index contributed by atoms with van der Waals surface area (Å²) in [6.45, 7) is 1.93. The van der Waals surface area contributed by atoms with Crippen molar-refractivity contribution in [2.75, 3.05) is 5.32 Å². The Bertz CT molecular complexity index is 1070. The Balaban J connectivity index is 1.54. The first kappa shape index (κ1) is 15.4. The Morgan fingerprint density at radius 1 is 1.04 bits per heavy atom. The SMILES string of the molecule is Cc1cc2c(=O)oc(Nc3ccc(Oc4ccccc4)cc3)nc2s1. The molecule has 2 aromatic carbocycles. The number of ether oxygens (including phenoxy) is 1. The van der Waals surface area contributed by atoms with Gasteiger partial charge in [-0.25, -0.2) is 4.79 Å². The molecule has 0 fully saturated rings. The van der Waals surface area contributed by atoms with Crippen molar-refractivity contribution in [1.82, 2.24) is 4.98 Å². The number of rotatable bonds is 4. The van der Waals surface area contributed by atoms with E-state index in [1.54, 1.807) is 6.07 Å². The van der Waals surface area contributed by atoms with Gasteiger partial charge >= 0.3 is 11.6 Å². The monoisotopic (exact) mass is 350 g/mol. The van der Waals surface area contributed by atoms with Crippen molar-refractivity contribution < 1.29 is 9.15 Å². The lowest BCUT2D eigenvalue weighted by Gasteiger charge is -2.07. The molecule has 1 N–H and O–H groups in total. The quantitative estimate of drug-likeness (QED) is 0.555. The fraction of sp³-hybridized carbons (Fsp3) is 0.0526. The van der Waals surface area contributed by atoms with Crippen LogP contribution in [0.4, 0.5) is 11.7 Å². The Hall–Kier alpha value is -3.12. The van der Waals surface area contributed by atoms with Gasteiger partial charge in [-0.2, -0.15) is 4.98 Å². The van der Waals surface area contributed by atoms with Gasteiger partial charge in [-0.05, 0) is 49.4 Å². The smallest absolute Gasteiger partial charge is 0.349 e. The van der Waals surface area contributed by atoms with E-state index in [2.05, 4.69) is 10.3 Å². The minimum Gasteiger partial charge on any atom is -0.457 e. The largest absolute Gasteiger partial charge is 0.457 e. The zero-order valence-electron chi connectivity index (χ0n) is 13.4. The first-order chi connectivity index (χ1) is 12.2. The average Bonchev–Trinajstić information content (AvgIpc) is 2.99. The van der Waals surface area contributed by atoms with Crippen LogP contribution in [0.1, 0.15) is 4.88 Å². The third-order valence-corrected chi connectivity index (χ3v) is 4.48. The third-order valence-electron chi connectivity index (χ3n) is 3.53. The van der Waals surface area contributed by atoms with Crippen LogP contribution in [0.2, 0.25) is 0 Å². The van der Waals surface area contributed by atoms with Gasteiger partial charge in [0.05, 0.1) is 5.39 Å². The molecule has 0 radical (unpaired) electrons. The first-order valence-electron chi connectivity index (χ1n) is 7.69. The number of nitrogens with zero attached hydrogens (tertiary/aromatic N) is 1. The van der Waals surface area contributed by atoms with Crippen LogP contribution in [0.3, 0.4) is 0 Å². The average molecular weight is 350 g/mol. The van der Waals surface area contributed by atoms with Crippen molar-refractivity contribution >= 4 is 33.3 Å². The predicted octanol–water partition coefficient (Wildman–Crippen LogP) is 5.09. The molecule has 0 spiro atoms. The van der Waals surface area contributed by atoms with Crippen LogP contribution in [-0.2, 0) is 0 Å². The molecule has 0 unspecified atom stereocenters. The number of thiophene rings is 1. The van der Waals surface area contributed by atoms with Gasteiger partial charge in [0.2, 0.25) is 0 Å². The lowest BCUT2D eigenvalue weighted by atomic mass is 10.3. The summed E-state index contributed by atoms with van der Waals surface area (Å²) in [6.07, 6.45) is 0. The van der Waals surface area contributed by atoms with E-state index in [0.717, 1.165) is 22.1 Å². The summed E-state index contributed by atoms with van der Waals surface area (Å²) in [5.74, 6) is 1.49. The Labute approximate surface area is 147 Å². The standard InChI is InChI=1S/C19H14N2O3S/c1-12-11-16-17(25-12)21-19(24-18(16)22)20-13-7-9-15(10-8-13)23-14-5-3-2-4-6-14/h2-11H,1H3,(H,20,21). The molecule has 0 aliphatic carbocycles. The molecule has 0 atom stereocenters. The van der Waals surface area contributed by atoms with Crippen LogP contribution in [0.5, 0.6) is 11.5 Å². The van der Waals surface area contributed by atoms with Crippen molar-refractivity contribution in [3.05, 3.63) is 76.0 Å². The molecule has 0 amide bonds. The molecule has 0 saturated heterocycles. The highest BCUT2D eigenvalue weighted by Crippen LogP contribution is 2.25. The van der Waals surface area contributed by atoms with Crippen molar-refractivity contribution in [2.45, 2.75) is 6.92 Å². The maximum Gasteiger partial charge on any atom is 0.349 e. The lowest BCUT2D eigenvalue weighted by molar-refractivity contribution is 0.482. The maximum atomic E-state index is 12.0. The second-order valence-electron chi connectivity index (χ2n) is 5.45. The minimum absolute atomic E-state index is 0.177. The first-order valence-corrected chi connectivity index (χ1v) is 8.50. The van der Waals surface area contributed by atoms with Gasteiger partial charge in [-0.15, -0.1) is 11.3 Å². The Morgan fingerprint density at radius 3 is 2.52 bits per heavy atom. The molecule has 2 aromatic heterocycles. The summed E-state index contributed by atoms with van der Waals surface area (Å²) in [5, 5.41) is 3.52. The molecule has 0 aliphatic heterocycles. The fourth-order valence-electron chi connectivity index (χ4n) is 2.40. The normalized spacial score (nSPS) is 10.8. The minimum atomic E-state index is -0.388. The highest BCUT2D eigenvalue weighted by Gasteiger charge is 2.09. The van der Waals surface area contributed by atoms with Crippen molar-refractivity contribution in [3.63, 3.8) is 0 Å². The molecule has 2 heterocycles. The Kier molecular flexibility index (Phi) is 3.95. The number of aryl methyl sites for hydroxylation is 1. The summed E-state index contributed by atoms with van der Waals surface area (Å²) in [6, 6.07) is 18.9. The number of hydrogen-bond donors (Lipinski definition) is 1. The molecule has 0 aliphatic rings. The van der Waals surface area contributed by atoms with Crippen LogP contribution in [0.15, 0.2) is 69.9 Å². The zero-order chi connectivity index (χ0) is 17.2. The van der Waals surface area contributed by atoms with E-state index in [1.165, 1.54) is 11.3 Å². The molecule has 124 valence electrons. The molecule has 4 aromatic rings. The number of nitrogens with one attached hydrogen (secondary N) is 1.